The van der Waals surface area contributed by atoms with Crippen LogP contribution < -0.4 is 4.90 Å². The van der Waals surface area contributed by atoms with E-state index in [1.54, 1.807) is 13.2 Å². The summed E-state index contributed by atoms with van der Waals surface area (Å²) < 4.78 is 16.6. The van der Waals surface area contributed by atoms with Crippen LogP contribution >= 0.6 is 0 Å². The lowest BCUT2D eigenvalue weighted by Gasteiger charge is -2.34. The van der Waals surface area contributed by atoms with Crippen molar-refractivity contribution in [2.45, 2.75) is 31.8 Å². The van der Waals surface area contributed by atoms with E-state index in [0.29, 0.717) is 18.9 Å². The average molecular weight is 418 g/mol. The quantitative estimate of drug-likeness (QED) is 0.592. The van der Waals surface area contributed by atoms with Gasteiger partial charge in [0, 0.05) is 38.0 Å². The van der Waals surface area contributed by atoms with Gasteiger partial charge in [0.05, 0.1) is 6.61 Å². The molecule has 0 saturated carbocycles. The Morgan fingerprint density at radius 2 is 1.87 bits per heavy atom. The van der Waals surface area contributed by atoms with Gasteiger partial charge in [-0.1, -0.05) is 24.3 Å². The van der Waals surface area contributed by atoms with E-state index in [-0.39, 0.29) is 11.3 Å². The predicted molar refractivity (Wildman–Crippen MR) is 119 cm³/mol. The first kappa shape index (κ1) is 20.0. The van der Waals surface area contributed by atoms with Gasteiger partial charge < -0.3 is 18.8 Å². The molecule has 2 aromatic carbocycles. The summed E-state index contributed by atoms with van der Waals surface area (Å²) in [6.45, 7) is 4.55. The standard InChI is InChI=1S/C26H27NO4/c1-18-6-9-24(31-18)25(28)27-17-26(10-12-30-13-11-26)22-15-21(7-8-23(22)27)20-5-3-4-19(14-20)16-29-2/h3-9,14-15H,10-13,16-17H2,1-2H3. The molecule has 0 aliphatic carbocycles. The van der Waals surface area contributed by atoms with Gasteiger partial charge in [0.15, 0.2) is 5.76 Å². The Labute approximate surface area is 182 Å². The SMILES string of the molecule is COCc1cccc(-c2ccc3c(c2)C2(CCOCC2)CN3C(=O)c2ccc(C)o2)c1. The van der Waals surface area contributed by atoms with Crippen LogP contribution in [0.1, 0.15) is 40.3 Å². The minimum atomic E-state index is -0.0783. The zero-order chi connectivity index (χ0) is 21.4. The lowest BCUT2D eigenvalue weighted by Crippen LogP contribution is -2.40. The number of nitrogens with zero attached hydrogens (tertiary/aromatic N) is 1. The summed E-state index contributed by atoms with van der Waals surface area (Å²) in [6.07, 6.45) is 1.82. The number of ether oxygens (including phenoxy) is 2. The van der Waals surface area contributed by atoms with Crippen LogP contribution in [0.3, 0.4) is 0 Å². The fraction of sp³-hybridized carbons (Fsp3) is 0.346. The highest BCUT2D eigenvalue weighted by atomic mass is 16.5. The van der Waals surface area contributed by atoms with E-state index in [0.717, 1.165) is 54.2 Å². The number of methoxy groups -OCH3 is 1. The summed E-state index contributed by atoms with van der Waals surface area (Å²) in [5, 5.41) is 0. The number of carbonyl (C=O) groups is 1. The van der Waals surface area contributed by atoms with E-state index in [4.69, 9.17) is 13.9 Å². The van der Waals surface area contributed by atoms with Crippen LogP contribution in [0.4, 0.5) is 5.69 Å². The molecule has 31 heavy (non-hydrogen) atoms. The molecule has 3 aromatic rings. The van der Waals surface area contributed by atoms with Gasteiger partial charge >= 0.3 is 0 Å². The molecular weight excluding hydrogens is 390 g/mol. The molecule has 0 atom stereocenters. The molecule has 5 rings (SSSR count). The number of amides is 1. The number of hydrogen-bond donors (Lipinski definition) is 0. The van der Waals surface area contributed by atoms with Crippen LogP contribution in [0.5, 0.6) is 0 Å². The molecule has 5 nitrogen and oxygen atoms in total. The maximum absolute atomic E-state index is 13.3. The number of fused-ring (bicyclic) bond motifs is 2. The minimum Gasteiger partial charge on any atom is -0.456 e. The Kier molecular flexibility index (Phi) is 5.16. The molecule has 1 aromatic heterocycles. The third-order valence-corrected chi connectivity index (χ3v) is 6.54. The first-order valence-electron chi connectivity index (χ1n) is 10.8. The van der Waals surface area contributed by atoms with Gasteiger partial charge in [0.1, 0.15) is 5.76 Å². The molecule has 2 aliphatic rings. The van der Waals surface area contributed by atoms with Crippen molar-refractivity contribution in [2.24, 2.45) is 0 Å². The van der Waals surface area contributed by atoms with E-state index in [2.05, 4.69) is 42.5 Å². The first-order chi connectivity index (χ1) is 15.1. The topological polar surface area (TPSA) is 51.9 Å². The van der Waals surface area contributed by atoms with E-state index in [1.807, 2.05) is 17.9 Å². The Morgan fingerprint density at radius 3 is 2.61 bits per heavy atom. The summed E-state index contributed by atoms with van der Waals surface area (Å²) in [7, 11) is 1.71. The Bertz CT molecular complexity index is 1110. The van der Waals surface area contributed by atoms with Gasteiger partial charge in [-0.15, -0.1) is 0 Å². The first-order valence-corrected chi connectivity index (χ1v) is 10.8. The number of aryl methyl sites for hydroxylation is 1. The number of benzene rings is 2. The molecule has 5 heteroatoms. The maximum atomic E-state index is 13.3. The van der Waals surface area contributed by atoms with Crippen LogP contribution in [0, 0.1) is 6.92 Å². The maximum Gasteiger partial charge on any atom is 0.294 e. The Hall–Kier alpha value is -2.89. The van der Waals surface area contributed by atoms with Crippen LogP contribution in [0.25, 0.3) is 11.1 Å². The monoisotopic (exact) mass is 417 g/mol. The number of anilines is 1. The van der Waals surface area contributed by atoms with Crippen LogP contribution in [-0.2, 0) is 21.5 Å². The normalized spacial score (nSPS) is 17.2. The zero-order valence-electron chi connectivity index (χ0n) is 18.0. The van der Waals surface area contributed by atoms with Crippen molar-refractivity contribution in [1.82, 2.24) is 0 Å². The summed E-state index contributed by atoms with van der Waals surface area (Å²) in [5.41, 5.74) is 5.60. The van der Waals surface area contributed by atoms with Crippen LogP contribution in [-0.4, -0.2) is 32.8 Å². The second-order valence-corrected chi connectivity index (χ2v) is 8.56. The molecular formula is C26H27NO4. The molecule has 2 aliphatic heterocycles. The number of hydrogen-bond acceptors (Lipinski definition) is 4. The molecule has 160 valence electrons. The van der Waals surface area contributed by atoms with E-state index < -0.39 is 0 Å². The van der Waals surface area contributed by atoms with Crippen molar-refractivity contribution in [3.05, 3.63) is 77.2 Å². The Balaban J connectivity index is 1.57. The molecule has 0 bridgehead atoms. The summed E-state index contributed by atoms with van der Waals surface area (Å²) in [5.74, 6) is 1.06. The molecule has 0 radical (unpaired) electrons. The highest BCUT2D eigenvalue weighted by Gasteiger charge is 2.46. The third kappa shape index (κ3) is 3.58. The van der Waals surface area contributed by atoms with Gasteiger partial charge in [-0.05, 0) is 72.4 Å². The number of furan rings is 1. The summed E-state index contributed by atoms with van der Waals surface area (Å²) >= 11 is 0. The molecule has 1 saturated heterocycles. The molecule has 0 unspecified atom stereocenters. The van der Waals surface area contributed by atoms with Crippen molar-refractivity contribution in [3.8, 4) is 11.1 Å². The molecule has 0 N–H and O–H groups in total. The van der Waals surface area contributed by atoms with Crippen molar-refractivity contribution in [3.63, 3.8) is 0 Å². The van der Waals surface area contributed by atoms with Gasteiger partial charge in [0.2, 0.25) is 0 Å². The summed E-state index contributed by atoms with van der Waals surface area (Å²) in [6, 6.07) is 18.5. The fourth-order valence-corrected chi connectivity index (χ4v) is 4.91. The van der Waals surface area contributed by atoms with E-state index >= 15 is 0 Å². The van der Waals surface area contributed by atoms with E-state index in [1.165, 1.54) is 5.56 Å². The van der Waals surface area contributed by atoms with Crippen molar-refractivity contribution in [2.75, 3.05) is 31.8 Å². The van der Waals surface area contributed by atoms with Gasteiger partial charge in [-0.3, -0.25) is 4.79 Å². The largest absolute Gasteiger partial charge is 0.456 e. The lowest BCUT2D eigenvalue weighted by atomic mass is 9.75. The van der Waals surface area contributed by atoms with Gasteiger partial charge in [0.25, 0.3) is 5.91 Å². The predicted octanol–water partition coefficient (Wildman–Crippen LogP) is 5.11. The highest BCUT2D eigenvalue weighted by Crippen LogP contribution is 2.48. The molecule has 1 fully saturated rings. The average Bonchev–Trinajstić information content (AvgIpc) is 3.36. The van der Waals surface area contributed by atoms with E-state index in [9.17, 15) is 4.79 Å². The van der Waals surface area contributed by atoms with Crippen LogP contribution in [0.2, 0.25) is 0 Å². The number of carbonyl (C=O) groups excluding carboxylic acids is 1. The van der Waals surface area contributed by atoms with Gasteiger partial charge in [-0.25, -0.2) is 0 Å². The molecule has 1 spiro atoms. The Morgan fingerprint density at radius 1 is 1.06 bits per heavy atom. The number of rotatable bonds is 4. The third-order valence-electron chi connectivity index (χ3n) is 6.54. The fourth-order valence-electron chi connectivity index (χ4n) is 4.91. The highest BCUT2D eigenvalue weighted by molar-refractivity contribution is 6.06. The summed E-state index contributed by atoms with van der Waals surface area (Å²) in [4.78, 5) is 15.2. The van der Waals surface area contributed by atoms with Crippen molar-refractivity contribution >= 4 is 11.6 Å². The molecule has 3 heterocycles. The lowest BCUT2D eigenvalue weighted by molar-refractivity contribution is 0.0546. The van der Waals surface area contributed by atoms with Crippen molar-refractivity contribution in [1.29, 1.82) is 0 Å². The van der Waals surface area contributed by atoms with Gasteiger partial charge in [-0.2, -0.15) is 0 Å². The van der Waals surface area contributed by atoms with Crippen molar-refractivity contribution < 1.29 is 18.7 Å². The second-order valence-electron chi connectivity index (χ2n) is 8.56. The molecule has 1 amide bonds. The minimum absolute atomic E-state index is 0.0763. The second kappa shape index (κ2) is 7.98. The van der Waals surface area contributed by atoms with Crippen LogP contribution in [0.15, 0.2) is 59.0 Å². The smallest absolute Gasteiger partial charge is 0.294 e. The zero-order valence-corrected chi connectivity index (χ0v) is 18.0.